The molecule has 0 amide bonds. The minimum absolute atomic E-state index is 1.02. The number of aryl methyl sites for hydroxylation is 2. The van der Waals surface area contributed by atoms with E-state index < -0.39 is 0 Å². The van der Waals surface area contributed by atoms with Crippen molar-refractivity contribution in [1.82, 2.24) is 4.57 Å². The van der Waals surface area contributed by atoms with Crippen molar-refractivity contribution >= 4 is 21.8 Å². The van der Waals surface area contributed by atoms with Crippen LogP contribution in [0.1, 0.15) is 12.5 Å². The van der Waals surface area contributed by atoms with Gasteiger partial charge in [-0.25, -0.2) is 0 Å². The molecule has 0 atom stereocenters. The molecule has 3 rings (SSSR count). The van der Waals surface area contributed by atoms with Gasteiger partial charge in [0.2, 0.25) is 0 Å². The Hall–Kier alpha value is -1.76. The molecule has 0 bridgehead atoms. The molecule has 80 valence electrons. The summed E-state index contributed by atoms with van der Waals surface area (Å²) in [5, 5.41) is 2.74. The lowest BCUT2D eigenvalue weighted by molar-refractivity contribution is 0.827. The molecule has 1 aromatic heterocycles. The lowest BCUT2D eigenvalue weighted by atomic mass is 10.1. The third kappa shape index (κ3) is 1.18. The molecule has 0 N–H and O–H groups in total. The molecule has 0 saturated carbocycles. The first-order chi connectivity index (χ1) is 7.81. The molecule has 0 aliphatic heterocycles. The van der Waals surface area contributed by atoms with Crippen molar-refractivity contribution < 1.29 is 0 Å². The Balaban J connectivity index is 2.59. The molecule has 0 fully saturated rings. The van der Waals surface area contributed by atoms with Gasteiger partial charge in [0, 0.05) is 28.4 Å². The van der Waals surface area contributed by atoms with Crippen molar-refractivity contribution in [2.75, 3.05) is 0 Å². The summed E-state index contributed by atoms with van der Waals surface area (Å²) in [6, 6.07) is 15.3. The first-order valence-electron chi connectivity index (χ1n) is 5.79. The van der Waals surface area contributed by atoms with E-state index in [4.69, 9.17) is 0 Å². The Bertz CT molecular complexity index is 662. The third-order valence-electron chi connectivity index (χ3n) is 3.24. The summed E-state index contributed by atoms with van der Waals surface area (Å²) in [5.41, 5.74) is 4.01. The average Bonchev–Trinajstić information content (AvgIpc) is 2.62. The van der Waals surface area contributed by atoms with Gasteiger partial charge < -0.3 is 4.57 Å². The summed E-state index contributed by atoms with van der Waals surface area (Å²) in [4.78, 5) is 0. The third-order valence-corrected chi connectivity index (χ3v) is 3.24. The van der Waals surface area contributed by atoms with E-state index in [0.29, 0.717) is 0 Å². The number of benzene rings is 2. The Morgan fingerprint density at radius 2 is 1.69 bits per heavy atom. The van der Waals surface area contributed by atoms with Gasteiger partial charge in [0.15, 0.2) is 0 Å². The van der Waals surface area contributed by atoms with Crippen LogP contribution in [0.15, 0.2) is 42.5 Å². The van der Waals surface area contributed by atoms with Crippen molar-refractivity contribution in [2.24, 2.45) is 0 Å². The van der Waals surface area contributed by atoms with E-state index in [0.717, 1.165) is 6.54 Å². The summed E-state index contributed by atoms with van der Waals surface area (Å²) in [5.74, 6) is 0. The number of aromatic nitrogens is 1. The van der Waals surface area contributed by atoms with E-state index in [2.05, 4.69) is 60.9 Å². The molecule has 0 radical (unpaired) electrons. The number of hydrogen-bond acceptors (Lipinski definition) is 0. The van der Waals surface area contributed by atoms with E-state index in [1.807, 2.05) is 0 Å². The number of nitrogens with zero attached hydrogens (tertiary/aromatic N) is 1. The van der Waals surface area contributed by atoms with Gasteiger partial charge in [0.1, 0.15) is 0 Å². The zero-order chi connectivity index (χ0) is 11.1. The normalized spacial score (nSPS) is 11.4. The highest BCUT2D eigenvalue weighted by atomic mass is 15.0. The Morgan fingerprint density at radius 1 is 0.938 bits per heavy atom. The molecule has 0 unspecified atom stereocenters. The van der Waals surface area contributed by atoms with Gasteiger partial charge in [-0.3, -0.25) is 0 Å². The maximum absolute atomic E-state index is 2.38. The van der Waals surface area contributed by atoms with Crippen molar-refractivity contribution in [3.05, 3.63) is 48.0 Å². The molecule has 3 aromatic rings. The predicted molar refractivity (Wildman–Crippen MR) is 69.9 cm³/mol. The zero-order valence-corrected chi connectivity index (χ0v) is 9.70. The van der Waals surface area contributed by atoms with Gasteiger partial charge in [0.05, 0.1) is 0 Å². The van der Waals surface area contributed by atoms with Crippen LogP contribution >= 0.6 is 0 Å². The van der Waals surface area contributed by atoms with E-state index in [-0.39, 0.29) is 0 Å². The van der Waals surface area contributed by atoms with Crippen LogP contribution in [0.3, 0.4) is 0 Å². The van der Waals surface area contributed by atoms with Crippen LogP contribution in [-0.2, 0) is 6.54 Å². The zero-order valence-electron chi connectivity index (χ0n) is 9.70. The molecule has 1 heterocycles. The largest absolute Gasteiger partial charge is 0.341 e. The van der Waals surface area contributed by atoms with Crippen LogP contribution in [0.4, 0.5) is 0 Å². The van der Waals surface area contributed by atoms with Crippen LogP contribution in [0.2, 0.25) is 0 Å². The molecule has 2 aromatic carbocycles. The molecular weight excluding hydrogens is 194 g/mol. The van der Waals surface area contributed by atoms with Crippen LogP contribution in [0.5, 0.6) is 0 Å². The van der Waals surface area contributed by atoms with Gasteiger partial charge in [0.25, 0.3) is 0 Å². The maximum Gasteiger partial charge on any atom is 0.0491 e. The number of hydrogen-bond donors (Lipinski definition) is 0. The molecule has 1 nitrogen and oxygen atoms in total. The van der Waals surface area contributed by atoms with E-state index in [1.54, 1.807) is 0 Å². The van der Waals surface area contributed by atoms with E-state index in [1.165, 1.54) is 27.4 Å². The van der Waals surface area contributed by atoms with Gasteiger partial charge in [-0.05, 0) is 32.0 Å². The molecule has 1 heteroatoms. The number of para-hydroxylation sites is 1. The molecule has 16 heavy (non-hydrogen) atoms. The topological polar surface area (TPSA) is 4.93 Å². The summed E-state index contributed by atoms with van der Waals surface area (Å²) in [6.45, 7) is 5.37. The number of rotatable bonds is 1. The highest BCUT2D eigenvalue weighted by Crippen LogP contribution is 2.29. The summed E-state index contributed by atoms with van der Waals surface area (Å²) in [6.07, 6.45) is 0. The molecule has 0 saturated heterocycles. The quantitative estimate of drug-likeness (QED) is 0.568. The fraction of sp³-hybridized carbons (Fsp3) is 0.200. The van der Waals surface area contributed by atoms with Gasteiger partial charge in [-0.2, -0.15) is 0 Å². The lowest BCUT2D eigenvalue weighted by Gasteiger charge is -2.02. The molecule has 0 aliphatic carbocycles. The van der Waals surface area contributed by atoms with Crippen LogP contribution in [-0.4, -0.2) is 4.57 Å². The second kappa shape index (κ2) is 3.38. The predicted octanol–water partition coefficient (Wildman–Crippen LogP) is 4.12. The van der Waals surface area contributed by atoms with Crippen molar-refractivity contribution in [3.8, 4) is 0 Å². The second-order valence-electron chi connectivity index (χ2n) is 4.28. The fourth-order valence-electron chi connectivity index (χ4n) is 2.51. The Labute approximate surface area is 95.3 Å². The van der Waals surface area contributed by atoms with E-state index >= 15 is 0 Å². The highest BCUT2D eigenvalue weighted by molar-refractivity contribution is 6.08. The smallest absolute Gasteiger partial charge is 0.0491 e. The highest BCUT2D eigenvalue weighted by Gasteiger charge is 2.08. The van der Waals surface area contributed by atoms with Crippen LogP contribution in [0, 0.1) is 6.92 Å². The minimum atomic E-state index is 1.02. The SMILES string of the molecule is CCn1c2ccccc2c2cc(C)ccc21. The van der Waals surface area contributed by atoms with Crippen molar-refractivity contribution in [2.45, 2.75) is 20.4 Å². The van der Waals surface area contributed by atoms with Crippen LogP contribution in [0.25, 0.3) is 21.8 Å². The first kappa shape index (κ1) is 9.46. The fourth-order valence-corrected chi connectivity index (χ4v) is 2.51. The van der Waals surface area contributed by atoms with Gasteiger partial charge in [-0.15, -0.1) is 0 Å². The van der Waals surface area contributed by atoms with Gasteiger partial charge >= 0.3 is 0 Å². The number of fused-ring (bicyclic) bond motifs is 3. The summed E-state index contributed by atoms with van der Waals surface area (Å²) in [7, 11) is 0. The summed E-state index contributed by atoms with van der Waals surface area (Å²) < 4.78 is 2.38. The van der Waals surface area contributed by atoms with Gasteiger partial charge in [-0.1, -0.05) is 29.8 Å². The standard InChI is InChI=1S/C15H15N/c1-3-16-14-7-5-4-6-12(14)13-10-11(2)8-9-15(13)16/h4-10H,3H2,1-2H3. The molecule has 0 aliphatic rings. The minimum Gasteiger partial charge on any atom is -0.341 e. The Kier molecular flexibility index (Phi) is 2.00. The molecular formula is C15H15N. The average molecular weight is 209 g/mol. The monoisotopic (exact) mass is 209 g/mol. The van der Waals surface area contributed by atoms with Crippen molar-refractivity contribution in [3.63, 3.8) is 0 Å². The maximum atomic E-state index is 2.38. The lowest BCUT2D eigenvalue weighted by Crippen LogP contribution is -1.92. The first-order valence-corrected chi connectivity index (χ1v) is 5.79. The van der Waals surface area contributed by atoms with Crippen LogP contribution < -0.4 is 0 Å². The molecule has 0 spiro atoms. The Morgan fingerprint density at radius 3 is 2.50 bits per heavy atom. The summed E-state index contributed by atoms with van der Waals surface area (Å²) >= 11 is 0. The van der Waals surface area contributed by atoms with E-state index in [9.17, 15) is 0 Å². The van der Waals surface area contributed by atoms with Crippen molar-refractivity contribution in [1.29, 1.82) is 0 Å². The second-order valence-corrected chi connectivity index (χ2v) is 4.28.